The molecule has 0 spiro atoms. The number of tetrazole rings is 1. The molecule has 0 saturated carbocycles. The molecular formula is C16H15FN4S. The smallest absolute Gasteiger partial charge is 0.207 e. The molecule has 0 amide bonds. The van der Waals surface area contributed by atoms with E-state index < -0.39 is 0 Å². The van der Waals surface area contributed by atoms with Crippen molar-refractivity contribution in [2.24, 2.45) is 0 Å². The summed E-state index contributed by atoms with van der Waals surface area (Å²) in [5.74, 6) is -0.231. The van der Waals surface area contributed by atoms with Gasteiger partial charge in [0.15, 0.2) is 0 Å². The van der Waals surface area contributed by atoms with Gasteiger partial charge in [-0.25, -0.2) is 4.39 Å². The van der Waals surface area contributed by atoms with E-state index in [0.717, 1.165) is 16.8 Å². The third-order valence-corrected chi connectivity index (χ3v) is 4.50. The van der Waals surface area contributed by atoms with E-state index >= 15 is 0 Å². The minimum Gasteiger partial charge on any atom is -0.207 e. The van der Waals surface area contributed by atoms with Crippen molar-refractivity contribution in [1.82, 2.24) is 20.2 Å². The second-order valence-corrected chi connectivity index (χ2v) is 6.28. The van der Waals surface area contributed by atoms with Crippen LogP contribution in [0.15, 0.2) is 53.7 Å². The lowest BCUT2D eigenvalue weighted by atomic mass is 10.2. The van der Waals surface area contributed by atoms with E-state index in [2.05, 4.69) is 22.4 Å². The van der Waals surface area contributed by atoms with Crippen LogP contribution >= 0.6 is 11.8 Å². The van der Waals surface area contributed by atoms with Crippen LogP contribution in [0.4, 0.5) is 4.39 Å². The van der Waals surface area contributed by atoms with Gasteiger partial charge in [0.25, 0.3) is 0 Å². The maximum absolute atomic E-state index is 13.0. The number of halogens is 1. The van der Waals surface area contributed by atoms with Gasteiger partial charge in [0.1, 0.15) is 5.82 Å². The van der Waals surface area contributed by atoms with Crippen molar-refractivity contribution < 1.29 is 4.39 Å². The zero-order valence-electron chi connectivity index (χ0n) is 12.3. The lowest BCUT2D eigenvalue weighted by Gasteiger charge is -2.12. The molecule has 0 bridgehead atoms. The summed E-state index contributed by atoms with van der Waals surface area (Å²) in [7, 11) is 0. The fraction of sp³-hybridized carbons (Fsp3) is 0.188. The molecule has 112 valence electrons. The zero-order valence-corrected chi connectivity index (χ0v) is 13.1. The first-order chi connectivity index (χ1) is 10.6. The van der Waals surface area contributed by atoms with E-state index in [4.69, 9.17) is 0 Å². The van der Waals surface area contributed by atoms with Crippen LogP contribution in [0.1, 0.15) is 23.3 Å². The van der Waals surface area contributed by atoms with Gasteiger partial charge in [-0.1, -0.05) is 42.1 Å². The summed E-state index contributed by atoms with van der Waals surface area (Å²) in [6, 6.07) is 14.5. The summed E-state index contributed by atoms with van der Waals surface area (Å²) in [5, 5.41) is 12.8. The van der Waals surface area contributed by atoms with Crippen LogP contribution in [0.2, 0.25) is 0 Å². The van der Waals surface area contributed by atoms with Crippen molar-refractivity contribution in [2.75, 3.05) is 0 Å². The molecule has 3 aromatic rings. The fourth-order valence-corrected chi connectivity index (χ4v) is 3.09. The highest BCUT2D eigenvalue weighted by Crippen LogP contribution is 2.34. The maximum Gasteiger partial charge on any atom is 0.214 e. The summed E-state index contributed by atoms with van der Waals surface area (Å²) >= 11 is 1.54. The van der Waals surface area contributed by atoms with Crippen LogP contribution in [-0.2, 0) is 0 Å². The molecule has 1 aromatic heterocycles. The average molecular weight is 314 g/mol. The highest BCUT2D eigenvalue weighted by Gasteiger charge is 2.15. The number of aryl methyl sites for hydroxylation is 1. The molecular weight excluding hydrogens is 299 g/mol. The van der Waals surface area contributed by atoms with Gasteiger partial charge < -0.3 is 0 Å². The molecule has 22 heavy (non-hydrogen) atoms. The number of hydrogen-bond acceptors (Lipinski definition) is 4. The molecule has 0 aliphatic heterocycles. The molecule has 0 unspecified atom stereocenters. The van der Waals surface area contributed by atoms with Gasteiger partial charge in [-0.3, -0.25) is 0 Å². The summed E-state index contributed by atoms with van der Waals surface area (Å²) in [6.45, 7) is 4.07. The monoisotopic (exact) mass is 314 g/mol. The molecule has 1 atom stereocenters. The van der Waals surface area contributed by atoms with Gasteiger partial charge in [0.2, 0.25) is 5.16 Å². The average Bonchev–Trinajstić information content (AvgIpc) is 2.96. The number of rotatable bonds is 4. The molecule has 0 N–H and O–H groups in total. The van der Waals surface area contributed by atoms with Gasteiger partial charge in [-0.15, -0.1) is 5.10 Å². The number of hydrogen-bond donors (Lipinski definition) is 0. The van der Waals surface area contributed by atoms with Crippen LogP contribution < -0.4 is 0 Å². The number of benzene rings is 2. The van der Waals surface area contributed by atoms with Crippen LogP contribution in [0, 0.1) is 12.7 Å². The molecule has 3 rings (SSSR count). The first kappa shape index (κ1) is 14.7. The van der Waals surface area contributed by atoms with Crippen molar-refractivity contribution in [3.63, 3.8) is 0 Å². The Labute approximate surface area is 132 Å². The second-order valence-electron chi connectivity index (χ2n) is 4.97. The van der Waals surface area contributed by atoms with Gasteiger partial charge in [0, 0.05) is 5.25 Å². The van der Waals surface area contributed by atoms with Crippen LogP contribution in [0.3, 0.4) is 0 Å². The Morgan fingerprint density at radius 1 is 1.09 bits per heavy atom. The third-order valence-electron chi connectivity index (χ3n) is 3.41. The van der Waals surface area contributed by atoms with E-state index in [-0.39, 0.29) is 11.1 Å². The molecule has 0 radical (unpaired) electrons. The van der Waals surface area contributed by atoms with Crippen LogP contribution in [0.5, 0.6) is 0 Å². The molecule has 2 aromatic carbocycles. The lowest BCUT2D eigenvalue weighted by Crippen LogP contribution is -2.02. The maximum atomic E-state index is 13.0. The number of thioether (sulfide) groups is 1. The Morgan fingerprint density at radius 2 is 1.82 bits per heavy atom. The van der Waals surface area contributed by atoms with Gasteiger partial charge in [-0.05, 0) is 53.6 Å². The molecule has 0 fully saturated rings. The quantitative estimate of drug-likeness (QED) is 0.684. The zero-order chi connectivity index (χ0) is 15.5. The predicted octanol–water partition coefficient (Wildman–Crippen LogP) is 3.96. The minimum absolute atomic E-state index is 0.120. The molecule has 0 aliphatic rings. The van der Waals surface area contributed by atoms with E-state index in [1.807, 2.05) is 31.2 Å². The standard InChI is InChI=1S/C16H15FN4S/c1-11-5-3-4-6-15(11)21-16(18-19-20-21)22-12(2)13-7-9-14(17)10-8-13/h3-10,12H,1-2H3/t12-/m0/s1. The van der Waals surface area contributed by atoms with Crippen molar-refractivity contribution in [2.45, 2.75) is 24.3 Å². The van der Waals surface area contributed by atoms with Gasteiger partial charge in [-0.2, -0.15) is 4.68 Å². The van der Waals surface area contributed by atoms with Gasteiger partial charge >= 0.3 is 0 Å². The SMILES string of the molecule is Cc1ccccc1-n1nnnc1S[C@@H](C)c1ccc(F)cc1. The van der Waals surface area contributed by atoms with Gasteiger partial charge in [0.05, 0.1) is 5.69 Å². The van der Waals surface area contributed by atoms with Crippen molar-refractivity contribution >= 4 is 11.8 Å². The van der Waals surface area contributed by atoms with E-state index in [1.165, 1.54) is 12.1 Å². The summed E-state index contributed by atoms with van der Waals surface area (Å²) < 4.78 is 14.8. The molecule has 0 saturated heterocycles. The molecule has 4 nitrogen and oxygen atoms in total. The molecule has 0 aliphatic carbocycles. The normalized spacial score (nSPS) is 12.3. The highest BCUT2D eigenvalue weighted by atomic mass is 32.2. The van der Waals surface area contributed by atoms with Crippen molar-refractivity contribution in [1.29, 1.82) is 0 Å². The fourth-order valence-electron chi connectivity index (χ4n) is 2.16. The molecule has 6 heteroatoms. The second kappa shape index (κ2) is 6.27. The summed E-state index contributed by atoms with van der Waals surface area (Å²) in [4.78, 5) is 0. The first-order valence-electron chi connectivity index (χ1n) is 6.91. The Morgan fingerprint density at radius 3 is 2.55 bits per heavy atom. The Balaban J connectivity index is 1.87. The van der Waals surface area contributed by atoms with Crippen molar-refractivity contribution in [3.8, 4) is 5.69 Å². The first-order valence-corrected chi connectivity index (χ1v) is 7.79. The Hall–Kier alpha value is -2.21. The summed E-state index contributed by atoms with van der Waals surface area (Å²) in [5.41, 5.74) is 3.10. The Bertz CT molecular complexity index is 770. The largest absolute Gasteiger partial charge is 0.214 e. The highest BCUT2D eigenvalue weighted by molar-refractivity contribution is 7.99. The van der Waals surface area contributed by atoms with E-state index in [1.54, 1.807) is 28.6 Å². The topological polar surface area (TPSA) is 43.6 Å². The van der Waals surface area contributed by atoms with E-state index in [9.17, 15) is 4.39 Å². The van der Waals surface area contributed by atoms with E-state index in [0.29, 0.717) is 5.16 Å². The third kappa shape index (κ3) is 3.01. The predicted molar refractivity (Wildman–Crippen MR) is 84.6 cm³/mol. The number of para-hydroxylation sites is 1. The lowest BCUT2D eigenvalue weighted by molar-refractivity contribution is 0.627. The Kier molecular flexibility index (Phi) is 4.20. The number of aromatic nitrogens is 4. The van der Waals surface area contributed by atoms with Crippen LogP contribution in [-0.4, -0.2) is 20.2 Å². The van der Waals surface area contributed by atoms with Crippen LogP contribution in [0.25, 0.3) is 5.69 Å². The number of nitrogens with zero attached hydrogens (tertiary/aromatic N) is 4. The minimum atomic E-state index is -0.231. The summed E-state index contributed by atoms with van der Waals surface area (Å²) in [6.07, 6.45) is 0. The molecule has 1 heterocycles. The van der Waals surface area contributed by atoms with Crippen molar-refractivity contribution in [3.05, 3.63) is 65.5 Å².